The summed E-state index contributed by atoms with van der Waals surface area (Å²) in [6.07, 6.45) is 20.1. The summed E-state index contributed by atoms with van der Waals surface area (Å²) >= 11 is 0. The minimum Gasteiger partial charge on any atom is -0.481 e. The van der Waals surface area contributed by atoms with Gasteiger partial charge in [0.05, 0.1) is 24.7 Å². The van der Waals surface area contributed by atoms with E-state index in [0.717, 1.165) is 19.4 Å². The Hall–Kier alpha value is -1.13. The van der Waals surface area contributed by atoms with E-state index in [2.05, 4.69) is 6.08 Å². The summed E-state index contributed by atoms with van der Waals surface area (Å²) in [5.41, 5.74) is 0. The molecule has 4 heteroatoms. The van der Waals surface area contributed by atoms with Crippen LogP contribution in [0.5, 0.6) is 0 Å². The highest BCUT2D eigenvalue weighted by Crippen LogP contribution is 2.46. The molecule has 1 aliphatic carbocycles. The van der Waals surface area contributed by atoms with Crippen LogP contribution in [-0.2, 0) is 14.3 Å². The van der Waals surface area contributed by atoms with Crippen molar-refractivity contribution in [3.63, 3.8) is 0 Å². The number of carboxylic acids is 1. The van der Waals surface area contributed by atoms with Crippen molar-refractivity contribution >= 4 is 5.97 Å². The first-order valence-corrected chi connectivity index (χ1v) is 10.0. The van der Waals surface area contributed by atoms with Gasteiger partial charge < -0.3 is 14.6 Å². The summed E-state index contributed by atoms with van der Waals surface area (Å²) in [6.45, 7) is 0.876. The molecule has 2 bridgehead atoms. The number of rotatable bonds is 9. The van der Waals surface area contributed by atoms with Crippen LogP contribution in [0.3, 0.4) is 0 Å². The number of fused-ring (bicyclic) bond motifs is 2. The van der Waals surface area contributed by atoms with Crippen molar-refractivity contribution in [1.82, 2.24) is 0 Å². The van der Waals surface area contributed by atoms with E-state index in [1.807, 2.05) is 12.2 Å². The summed E-state index contributed by atoms with van der Waals surface area (Å²) in [4.78, 5) is 10.5. The fraction of sp³-hybridized carbons (Fsp3) is 0.762. The Morgan fingerprint density at radius 3 is 2.48 bits per heavy atom. The van der Waals surface area contributed by atoms with Crippen molar-refractivity contribution < 1.29 is 19.4 Å². The summed E-state index contributed by atoms with van der Waals surface area (Å²) in [5.74, 6) is 0.428. The van der Waals surface area contributed by atoms with E-state index < -0.39 is 5.97 Å². The third-order valence-corrected chi connectivity index (χ3v) is 6.03. The molecule has 3 rings (SSSR count). The van der Waals surface area contributed by atoms with Gasteiger partial charge in [0.15, 0.2) is 0 Å². The fourth-order valence-electron chi connectivity index (χ4n) is 4.76. The second kappa shape index (κ2) is 9.54. The summed E-state index contributed by atoms with van der Waals surface area (Å²) < 4.78 is 12.3. The number of hydrogen-bond donors (Lipinski definition) is 1. The minimum absolute atomic E-state index is 0.0860. The predicted octanol–water partition coefficient (Wildman–Crippen LogP) is 4.50. The lowest BCUT2D eigenvalue weighted by molar-refractivity contribution is -0.136. The quantitative estimate of drug-likeness (QED) is 0.624. The maximum absolute atomic E-state index is 10.5. The Bertz CT molecular complexity index is 478. The zero-order chi connectivity index (χ0) is 17.5. The van der Waals surface area contributed by atoms with Crippen LogP contribution in [0.25, 0.3) is 0 Å². The zero-order valence-electron chi connectivity index (χ0n) is 15.1. The van der Waals surface area contributed by atoms with Gasteiger partial charge in [-0.15, -0.1) is 0 Å². The molecule has 2 saturated heterocycles. The van der Waals surface area contributed by atoms with Crippen molar-refractivity contribution in [3.8, 4) is 0 Å². The molecule has 0 aromatic rings. The largest absolute Gasteiger partial charge is 0.481 e. The SMILES string of the molecule is O=C(O)CC=CC=CC[C@H]1[C@@H](CCOC2CCCCC2)[C@H]2CC[C@@H]1O2. The normalized spacial score (nSPS) is 33.0. The Kier molecular flexibility index (Phi) is 7.12. The molecule has 3 fully saturated rings. The lowest BCUT2D eigenvalue weighted by Crippen LogP contribution is -2.28. The van der Waals surface area contributed by atoms with Gasteiger partial charge in [0, 0.05) is 6.61 Å². The number of carboxylic acid groups (broad SMARTS) is 1. The molecular weight excluding hydrogens is 316 g/mol. The van der Waals surface area contributed by atoms with E-state index in [9.17, 15) is 4.79 Å². The highest BCUT2D eigenvalue weighted by Gasteiger charge is 2.47. The van der Waals surface area contributed by atoms with E-state index in [1.165, 1.54) is 44.9 Å². The average Bonchev–Trinajstić information content (AvgIpc) is 3.21. The Balaban J connectivity index is 1.42. The van der Waals surface area contributed by atoms with Crippen LogP contribution in [-0.4, -0.2) is 36.0 Å². The number of allylic oxidation sites excluding steroid dienone is 3. The van der Waals surface area contributed by atoms with Gasteiger partial charge in [-0.25, -0.2) is 0 Å². The van der Waals surface area contributed by atoms with Crippen molar-refractivity contribution in [2.75, 3.05) is 6.61 Å². The van der Waals surface area contributed by atoms with Crippen LogP contribution in [0.2, 0.25) is 0 Å². The molecule has 0 spiro atoms. The molecule has 4 nitrogen and oxygen atoms in total. The molecule has 0 unspecified atom stereocenters. The van der Waals surface area contributed by atoms with Gasteiger partial charge in [-0.1, -0.05) is 43.6 Å². The molecule has 0 amide bonds. The van der Waals surface area contributed by atoms with Crippen molar-refractivity contribution in [1.29, 1.82) is 0 Å². The first-order chi connectivity index (χ1) is 12.2. The maximum atomic E-state index is 10.5. The lowest BCUT2D eigenvalue weighted by atomic mass is 9.76. The molecule has 0 aromatic carbocycles. The summed E-state index contributed by atoms with van der Waals surface area (Å²) in [7, 11) is 0. The molecule has 2 aliphatic heterocycles. The smallest absolute Gasteiger partial charge is 0.307 e. The molecule has 1 saturated carbocycles. The van der Waals surface area contributed by atoms with E-state index in [4.69, 9.17) is 14.6 Å². The van der Waals surface area contributed by atoms with Gasteiger partial charge in [-0.3, -0.25) is 4.79 Å². The Morgan fingerprint density at radius 1 is 1.00 bits per heavy atom. The highest BCUT2D eigenvalue weighted by atomic mass is 16.5. The third kappa shape index (κ3) is 5.42. The van der Waals surface area contributed by atoms with Gasteiger partial charge in [-0.05, 0) is 50.4 Å². The fourth-order valence-corrected chi connectivity index (χ4v) is 4.76. The van der Waals surface area contributed by atoms with Gasteiger partial charge >= 0.3 is 5.97 Å². The Labute approximate surface area is 151 Å². The van der Waals surface area contributed by atoms with Gasteiger partial charge in [0.2, 0.25) is 0 Å². The highest BCUT2D eigenvalue weighted by molar-refractivity contribution is 5.68. The van der Waals surface area contributed by atoms with Crippen LogP contribution >= 0.6 is 0 Å². The molecule has 1 N–H and O–H groups in total. The second-order valence-corrected chi connectivity index (χ2v) is 7.73. The second-order valence-electron chi connectivity index (χ2n) is 7.73. The van der Waals surface area contributed by atoms with Crippen molar-refractivity contribution in [2.24, 2.45) is 11.8 Å². The van der Waals surface area contributed by atoms with Gasteiger partial charge in [0.25, 0.3) is 0 Å². The monoisotopic (exact) mass is 348 g/mol. The van der Waals surface area contributed by atoms with E-state index in [0.29, 0.717) is 30.1 Å². The first kappa shape index (κ1) is 18.7. The first-order valence-electron chi connectivity index (χ1n) is 10.0. The van der Waals surface area contributed by atoms with E-state index >= 15 is 0 Å². The molecule has 0 radical (unpaired) electrons. The van der Waals surface area contributed by atoms with Crippen LogP contribution < -0.4 is 0 Å². The summed E-state index contributed by atoms with van der Waals surface area (Å²) in [5, 5.41) is 8.62. The number of ether oxygens (including phenoxy) is 2. The zero-order valence-corrected chi connectivity index (χ0v) is 15.1. The van der Waals surface area contributed by atoms with Crippen LogP contribution in [0.1, 0.15) is 64.2 Å². The van der Waals surface area contributed by atoms with E-state index in [1.54, 1.807) is 6.08 Å². The number of hydrogen-bond acceptors (Lipinski definition) is 3. The van der Waals surface area contributed by atoms with Crippen LogP contribution in [0.4, 0.5) is 0 Å². The van der Waals surface area contributed by atoms with E-state index in [-0.39, 0.29) is 6.42 Å². The molecular formula is C21H32O4. The maximum Gasteiger partial charge on any atom is 0.307 e. The molecule has 4 atom stereocenters. The van der Waals surface area contributed by atoms with Crippen LogP contribution in [0, 0.1) is 11.8 Å². The van der Waals surface area contributed by atoms with Crippen LogP contribution in [0.15, 0.2) is 24.3 Å². The Morgan fingerprint density at radius 2 is 1.72 bits per heavy atom. The molecule has 0 aromatic heterocycles. The van der Waals surface area contributed by atoms with Crippen molar-refractivity contribution in [2.45, 2.75) is 82.5 Å². The van der Waals surface area contributed by atoms with Crippen molar-refractivity contribution in [3.05, 3.63) is 24.3 Å². The number of aliphatic carboxylic acids is 1. The number of carbonyl (C=O) groups is 1. The molecule has 3 aliphatic rings. The van der Waals surface area contributed by atoms with Gasteiger partial charge in [-0.2, -0.15) is 0 Å². The molecule has 140 valence electrons. The average molecular weight is 348 g/mol. The third-order valence-electron chi connectivity index (χ3n) is 6.03. The standard InChI is InChI=1S/C21H32O4/c22-21(23)11-7-2-1-6-10-17-18(20-13-12-19(17)25-20)14-15-24-16-8-4-3-5-9-16/h1-2,6-7,16-20H,3-5,8-15H2,(H,22,23)/t17-,18+,19-,20+/m0/s1. The lowest BCUT2D eigenvalue weighted by Gasteiger charge is -2.28. The topological polar surface area (TPSA) is 55.8 Å². The predicted molar refractivity (Wildman–Crippen MR) is 97.5 cm³/mol. The molecule has 2 heterocycles. The minimum atomic E-state index is -0.788. The summed E-state index contributed by atoms with van der Waals surface area (Å²) in [6, 6.07) is 0. The van der Waals surface area contributed by atoms with Gasteiger partial charge in [0.1, 0.15) is 0 Å². The molecule has 25 heavy (non-hydrogen) atoms.